The Morgan fingerprint density at radius 3 is 2.88 bits per heavy atom. The maximum Gasteiger partial charge on any atom is 0.233 e. The first-order valence-corrected chi connectivity index (χ1v) is 5.93. The van der Waals surface area contributed by atoms with Gasteiger partial charge in [-0.2, -0.15) is 5.26 Å². The lowest BCUT2D eigenvalue weighted by molar-refractivity contribution is -0.118. The van der Waals surface area contributed by atoms with Crippen molar-refractivity contribution in [2.24, 2.45) is 0 Å². The van der Waals surface area contributed by atoms with Crippen LogP contribution >= 0.6 is 0 Å². The Kier molecular flexibility index (Phi) is 4.60. The quantitative estimate of drug-likeness (QED) is 0.591. The van der Waals surface area contributed by atoms with Gasteiger partial charge in [-0.3, -0.25) is 9.00 Å². The Balaban J connectivity index is 2.71. The minimum Gasteiger partial charge on any atom is -0.398 e. The highest BCUT2D eigenvalue weighted by atomic mass is 32.2. The largest absolute Gasteiger partial charge is 0.398 e. The molecule has 1 atom stereocenters. The molecule has 1 aromatic rings. The van der Waals surface area contributed by atoms with Crippen LogP contribution in [0.1, 0.15) is 0 Å². The smallest absolute Gasteiger partial charge is 0.233 e. The number of benzene rings is 1. The number of nitrogens with two attached hydrogens (primary N) is 1. The third-order valence-electron chi connectivity index (χ3n) is 1.84. The van der Waals surface area contributed by atoms with Gasteiger partial charge in [-0.25, -0.2) is 4.39 Å². The van der Waals surface area contributed by atoms with Crippen molar-refractivity contribution in [2.75, 3.05) is 18.0 Å². The van der Waals surface area contributed by atoms with Gasteiger partial charge in [0.15, 0.2) is 0 Å². The van der Waals surface area contributed by atoms with Crippen LogP contribution in [0.3, 0.4) is 0 Å². The van der Waals surface area contributed by atoms with Crippen molar-refractivity contribution in [3.8, 4) is 6.07 Å². The fraction of sp³-hybridized carbons (Fsp3) is 0.200. The highest BCUT2D eigenvalue weighted by Crippen LogP contribution is 2.17. The molecule has 17 heavy (non-hydrogen) atoms. The number of hydrogen-bond donors (Lipinski definition) is 2. The summed E-state index contributed by atoms with van der Waals surface area (Å²) in [6, 6.07) is 5.17. The van der Waals surface area contributed by atoms with Crippen LogP contribution in [-0.2, 0) is 15.6 Å². The van der Waals surface area contributed by atoms with E-state index in [1.165, 1.54) is 6.07 Å². The van der Waals surface area contributed by atoms with Gasteiger partial charge in [0.25, 0.3) is 0 Å². The van der Waals surface area contributed by atoms with E-state index in [1.807, 2.05) is 0 Å². The van der Waals surface area contributed by atoms with Crippen molar-refractivity contribution in [3.63, 3.8) is 0 Å². The summed E-state index contributed by atoms with van der Waals surface area (Å²) in [6.45, 7) is -0.144. The van der Waals surface area contributed by atoms with Crippen LogP contribution in [0.4, 0.5) is 10.1 Å². The van der Waals surface area contributed by atoms with E-state index in [-0.39, 0.29) is 22.9 Å². The second-order valence-electron chi connectivity index (χ2n) is 3.11. The molecule has 0 saturated heterocycles. The summed E-state index contributed by atoms with van der Waals surface area (Å²) in [5.41, 5.74) is 5.52. The first-order valence-electron chi connectivity index (χ1n) is 4.61. The number of nitriles is 1. The molecule has 0 aliphatic heterocycles. The summed E-state index contributed by atoms with van der Waals surface area (Å²) in [4.78, 5) is 11.4. The molecule has 0 fully saturated rings. The van der Waals surface area contributed by atoms with E-state index in [4.69, 9.17) is 11.0 Å². The van der Waals surface area contributed by atoms with Crippen LogP contribution in [0.15, 0.2) is 23.1 Å². The summed E-state index contributed by atoms with van der Waals surface area (Å²) in [6.07, 6.45) is 0. The summed E-state index contributed by atoms with van der Waals surface area (Å²) >= 11 is 0. The molecule has 0 heterocycles. The normalized spacial score (nSPS) is 11.5. The summed E-state index contributed by atoms with van der Waals surface area (Å²) in [5, 5.41) is 10.5. The molecule has 0 aliphatic carbocycles. The van der Waals surface area contributed by atoms with Gasteiger partial charge in [0.1, 0.15) is 18.1 Å². The van der Waals surface area contributed by atoms with Crippen LogP contribution in [0.2, 0.25) is 0 Å². The van der Waals surface area contributed by atoms with E-state index in [0.29, 0.717) is 0 Å². The van der Waals surface area contributed by atoms with Crippen molar-refractivity contribution in [2.45, 2.75) is 4.90 Å². The van der Waals surface area contributed by atoms with Gasteiger partial charge >= 0.3 is 0 Å². The number of nitrogen functional groups attached to an aromatic ring is 1. The van der Waals surface area contributed by atoms with Crippen molar-refractivity contribution in [1.82, 2.24) is 5.32 Å². The van der Waals surface area contributed by atoms with E-state index in [1.54, 1.807) is 6.07 Å². The lowest BCUT2D eigenvalue weighted by Gasteiger charge is -2.05. The fourth-order valence-electron chi connectivity index (χ4n) is 1.11. The highest BCUT2D eigenvalue weighted by molar-refractivity contribution is 7.86. The van der Waals surface area contributed by atoms with Crippen LogP contribution in [-0.4, -0.2) is 22.4 Å². The highest BCUT2D eigenvalue weighted by Gasteiger charge is 2.12. The average molecular weight is 255 g/mol. The van der Waals surface area contributed by atoms with Gasteiger partial charge < -0.3 is 11.1 Å². The Morgan fingerprint density at radius 2 is 2.29 bits per heavy atom. The van der Waals surface area contributed by atoms with E-state index in [9.17, 15) is 13.4 Å². The zero-order valence-electron chi connectivity index (χ0n) is 8.77. The Hall–Kier alpha value is -1.94. The first-order chi connectivity index (χ1) is 8.04. The van der Waals surface area contributed by atoms with E-state index >= 15 is 0 Å². The van der Waals surface area contributed by atoms with Gasteiger partial charge in [-0.05, 0) is 18.2 Å². The molecule has 0 spiro atoms. The Labute approximate surface area is 99.9 Å². The SMILES string of the molecule is N#CCNC(=O)CS(=O)c1ccc(F)cc1N. The molecule has 3 N–H and O–H groups in total. The van der Waals surface area contributed by atoms with E-state index < -0.39 is 22.5 Å². The zero-order chi connectivity index (χ0) is 12.8. The summed E-state index contributed by atoms with van der Waals surface area (Å²) in [7, 11) is -1.65. The standard InChI is InChI=1S/C10H10FN3O2S/c11-7-1-2-9(8(13)5-7)17(16)6-10(15)14-4-3-12/h1-2,5H,4,6,13H2,(H,14,15). The van der Waals surface area contributed by atoms with Crippen LogP contribution in [0.5, 0.6) is 0 Å². The Morgan fingerprint density at radius 1 is 1.59 bits per heavy atom. The molecule has 0 bridgehead atoms. The van der Waals surface area contributed by atoms with Gasteiger partial charge in [-0.15, -0.1) is 0 Å². The molecule has 1 rings (SSSR count). The third kappa shape index (κ3) is 3.85. The second kappa shape index (κ2) is 5.96. The number of halogens is 1. The number of nitrogens with zero attached hydrogens (tertiary/aromatic N) is 1. The van der Waals surface area contributed by atoms with Crippen LogP contribution in [0.25, 0.3) is 0 Å². The number of rotatable bonds is 4. The molecule has 0 radical (unpaired) electrons. The maximum atomic E-state index is 12.7. The lowest BCUT2D eigenvalue weighted by atomic mass is 10.3. The molecule has 1 unspecified atom stereocenters. The number of anilines is 1. The number of nitrogens with one attached hydrogen (secondary N) is 1. The van der Waals surface area contributed by atoms with E-state index in [2.05, 4.69) is 5.32 Å². The minimum atomic E-state index is -1.65. The molecule has 5 nitrogen and oxygen atoms in total. The topological polar surface area (TPSA) is 96.0 Å². The molecular formula is C10H10FN3O2S. The van der Waals surface area contributed by atoms with Crippen LogP contribution in [0, 0.1) is 17.1 Å². The molecule has 0 aliphatic rings. The molecule has 0 aromatic heterocycles. The minimum absolute atomic E-state index is 0.0383. The first kappa shape index (κ1) is 13.1. The van der Waals surface area contributed by atoms with Gasteiger partial charge in [-0.1, -0.05) is 0 Å². The molecular weight excluding hydrogens is 245 g/mol. The Bertz CT molecular complexity index is 499. The average Bonchev–Trinajstić information content (AvgIpc) is 2.26. The lowest BCUT2D eigenvalue weighted by Crippen LogP contribution is -2.28. The molecule has 7 heteroatoms. The van der Waals surface area contributed by atoms with Crippen molar-refractivity contribution < 1.29 is 13.4 Å². The molecule has 1 amide bonds. The predicted octanol–water partition coefficient (Wildman–Crippen LogP) is 0.155. The third-order valence-corrected chi connectivity index (χ3v) is 3.23. The number of carbonyl (C=O) groups is 1. The van der Waals surface area contributed by atoms with Crippen molar-refractivity contribution in [3.05, 3.63) is 24.0 Å². The zero-order valence-corrected chi connectivity index (χ0v) is 9.59. The summed E-state index contributed by atoms with van der Waals surface area (Å²) < 4.78 is 24.5. The number of hydrogen-bond acceptors (Lipinski definition) is 4. The monoisotopic (exact) mass is 255 g/mol. The molecule has 90 valence electrons. The van der Waals surface area contributed by atoms with Gasteiger partial charge in [0, 0.05) is 0 Å². The maximum absolute atomic E-state index is 12.7. The van der Waals surface area contributed by atoms with Gasteiger partial charge in [0.05, 0.1) is 27.5 Å². The summed E-state index contributed by atoms with van der Waals surface area (Å²) in [5.74, 6) is -1.36. The number of amides is 1. The van der Waals surface area contributed by atoms with Gasteiger partial charge in [0.2, 0.25) is 5.91 Å². The van der Waals surface area contributed by atoms with Crippen molar-refractivity contribution >= 4 is 22.4 Å². The molecule has 1 aromatic carbocycles. The predicted molar refractivity (Wildman–Crippen MR) is 60.7 cm³/mol. The van der Waals surface area contributed by atoms with Crippen LogP contribution < -0.4 is 11.1 Å². The van der Waals surface area contributed by atoms with E-state index in [0.717, 1.165) is 12.1 Å². The number of carbonyl (C=O) groups excluding carboxylic acids is 1. The molecule has 0 saturated carbocycles. The fourth-order valence-corrected chi connectivity index (χ4v) is 2.15. The van der Waals surface area contributed by atoms with Crippen molar-refractivity contribution in [1.29, 1.82) is 5.26 Å². The second-order valence-corrected chi connectivity index (χ2v) is 4.53.